The molecule has 3 unspecified atom stereocenters. The minimum Gasteiger partial charge on any atom is -0.406 e. The van der Waals surface area contributed by atoms with Crippen molar-refractivity contribution in [3.05, 3.63) is 29.8 Å². The van der Waals surface area contributed by atoms with Crippen molar-refractivity contribution in [2.75, 3.05) is 13.1 Å². The van der Waals surface area contributed by atoms with Gasteiger partial charge in [-0.3, -0.25) is 0 Å². The van der Waals surface area contributed by atoms with Crippen molar-refractivity contribution in [3.8, 4) is 5.75 Å². The summed E-state index contributed by atoms with van der Waals surface area (Å²) in [7, 11) is 0. The summed E-state index contributed by atoms with van der Waals surface area (Å²) < 4.78 is 40.0. The van der Waals surface area contributed by atoms with E-state index in [2.05, 4.69) is 15.4 Å². The monoisotopic (exact) mass is 272 g/mol. The molecular formula is C13H15F3N2O. The Bertz CT molecular complexity index is 434. The average molecular weight is 272 g/mol. The quantitative estimate of drug-likeness (QED) is 0.866. The topological polar surface area (TPSA) is 33.3 Å². The van der Waals surface area contributed by atoms with Gasteiger partial charge in [0.25, 0.3) is 0 Å². The maximum Gasteiger partial charge on any atom is 0.573 e. The molecule has 2 N–H and O–H groups in total. The molecule has 2 heterocycles. The first-order chi connectivity index (χ1) is 9.01. The van der Waals surface area contributed by atoms with Crippen LogP contribution >= 0.6 is 0 Å². The summed E-state index contributed by atoms with van der Waals surface area (Å²) in [4.78, 5) is 0. The molecule has 19 heavy (non-hydrogen) atoms. The van der Waals surface area contributed by atoms with E-state index in [4.69, 9.17) is 0 Å². The number of fused-ring (bicyclic) bond motifs is 1. The van der Waals surface area contributed by atoms with Gasteiger partial charge >= 0.3 is 6.36 Å². The second-order valence-electron chi connectivity index (χ2n) is 5.10. The zero-order valence-corrected chi connectivity index (χ0v) is 10.2. The lowest BCUT2D eigenvalue weighted by Crippen LogP contribution is -2.29. The van der Waals surface area contributed by atoms with E-state index in [9.17, 15) is 13.2 Å². The van der Waals surface area contributed by atoms with E-state index in [0.29, 0.717) is 12.0 Å². The van der Waals surface area contributed by atoms with Gasteiger partial charge in [0.15, 0.2) is 0 Å². The third kappa shape index (κ3) is 2.84. The summed E-state index contributed by atoms with van der Waals surface area (Å²) in [6, 6.07) is 6.86. The fourth-order valence-corrected chi connectivity index (χ4v) is 2.94. The molecule has 3 nitrogen and oxygen atoms in total. The van der Waals surface area contributed by atoms with Crippen LogP contribution in [0.3, 0.4) is 0 Å². The van der Waals surface area contributed by atoms with Gasteiger partial charge in [-0.2, -0.15) is 0 Å². The normalized spacial score (nSPS) is 30.4. The van der Waals surface area contributed by atoms with Crippen LogP contribution in [0.2, 0.25) is 0 Å². The molecule has 0 aromatic heterocycles. The highest BCUT2D eigenvalue weighted by Gasteiger charge is 2.37. The van der Waals surface area contributed by atoms with E-state index in [0.717, 1.165) is 25.1 Å². The van der Waals surface area contributed by atoms with Crippen molar-refractivity contribution in [2.45, 2.75) is 24.9 Å². The molecule has 6 heteroatoms. The highest BCUT2D eigenvalue weighted by atomic mass is 19.4. The van der Waals surface area contributed by atoms with Gasteiger partial charge in [0.05, 0.1) is 0 Å². The zero-order chi connectivity index (χ0) is 13.5. The highest BCUT2D eigenvalue weighted by Crippen LogP contribution is 2.34. The van der Waals surface area contributed by atoms with Gasteiger partial charge in [-0.1, -0.05) is 12.1 Å². The fourth-order valence-electron chi connectivity index (χ4n) is 2.94. The van der Waals surface area contributed by atoms with Crippen molar-refractivity contribution in [3.63, 3.8) is 0 Å². The van der Waals surface area contributed by atoms with Gasteiger partial charge in [0, 0.05) is 18.6 Å². The van der Waals surface area contributed by atoms with Crippen LogP contribution in [0.25, 0.3) is 0 Å². The molecule has 0 aliphatic carbocycles. The lowest BCUT2D eigenvalue weighted by Gasteiger charge is -2.15. The van der Waals surface area contributed by atoms with Gasteiger partial charge in [-0.25, -0.2) is 0 Å². The Balaban J connectivity index is 1.66. The molecule has 2 saturated heterocycles. The molecule has 3 atom stereocenters. The molecule has 0 saturated carbocycles. The molecule has 3 rings (SSSR count). The van der Waals surface area contributed by atoms with Gasteiger partial charge < -0.3 is 15.4 Å². The van der Waals surface area contributed by atoms with Crippen LogP contribution in [-0.4, -0.2) is 25.5 Å². The van der Waals surface area contributed by atoms with Crippen molar-refractivity contribution < 1.29 is 17.9 Å². The first kappa shape index (κ1) is 12.7. The number of halogens is 3. The molecule has 2 fully saturated rings. The van der Waals surface area contributed by atoms with Gasteiger partial charge in [0.2, 0.25) is 0 Å². The lowest BCUT2D eigenvalue weighted by molar-refractivity contribution is -0.274. The van der Waals surface area contributed by atoms with Crippen LogP contribution in [-0.2, 0) is 0 Å². The number of benzene rings is 1. The number of hydrogen-bond donors (Lipinski definition) is 2. The standard InChI is InChI=1S/C13H15F3N2O/c14-13(15,16)19-10-3-1-8(2-4-10)11-5-9-6-17-7-12(9)18-11/h1-4,9,11-12,17-18H,5-7H2. The Kier molecular flexibility index (Phi) is 3.14. The Morgan fingerprint density at radius 3 is 2.47 bits per heavy atom. The Morgan fingerprint density at radius 1 is 1.11 bits per heavy atom. The predicted octanol–water partition coefficient (Wildman–Crippen LogP) is 2.21. The predicted molar refractivity (Wildman–Crippen MR) is 63.8 cm³/mol. The summed E-state index contributed by atoms with van der Waals surface area (Å²) in [6.45, 7) is 1.99. The third-order valence-electron chi connectivity index (χ3n) is 3.81. The van der Waals surface area contributed by atoms with Crippen LogP contribution in [0.15, 0.2) is 24.3 Å². The van der Waals surface area contributed by atoms with Crippen molar-refractivity contribution in [1.82, 2.24) is 10.6 Å². The maximum atomic E-state index is 12.1. The van der Waals surface area contributed by atoms with Crippen LogP contribution in [0.4, 0.5) is 13.2 Å². The van der Waals surface area contributed by atoms with E-state index in [1.54, 1.807) is 12.1 Å². The molecule has 0 amide bonds. The molecule has 0 spiro atoms. The van der Waals surface area contributed by atoms with Crippen molar-refractivity contribution >= 4 is 0 Å². The van der Waals surface area contributed by atoms with Crippen LogP contribution < -0.4 is 15.4 Å². The highest BCUT2D eigenvalue weighted by molar-refractivity contribution is 5.30. The van der Waals surface area contributed by atoms with E-state index < -0.39 is 6.36 Å². The summed E-state index contributed by atoms with van der Waals surface area (Å²) in [6.07, 6.45) is -3.60. The summed E-state index contributed by atoms with van der Waals surface area (Å²) in [5.41, 5.74) is 1.02. The maximum absolute atomic E-state index is 12.1. The van der Waals surface area contributed by atoms with E-state index in [1.807, 2.05) is 0 Å². The van der Waals surface area contributed by atoms with Gasteiger partial charge in [-0.05, 0) is 36.6 Å². The summed E-state index contributed by atoms with van der Waals surface area (Å²) in [5.74, 6) is 0.451. The van der Waals surface area contributed by atoms with E-state index in [1.165, 1.54) is 12.1 Å². The largest absolute Gasteiger partial charge is 0.573 e. The second kappa shape index (κ2) is 4.68. The van der Waals surface area contributed by atoms with E-state index >= 15 is 0 Å². The number of rotatable bonds is 2. The number of hydrogen-bond acceptors (Lipinski definition) is 3. The van der Waals surface area contributed by atoms with Crippen molar-refractivity contribution in [2.24, 2.45) is 5.92 Å². The van der Waals surface area contributed by atoms with Crippen LogP contribution in [0.5, 0.6) is 5.75 Å². The molecular weight excluding hydrogens is 257 g/mol. The molecule has 0 radical (unpaired) electrons. The molecule has 1 aromatic carbocycles. The molecule has 2 aliphatic rings. The smallest absolute Gasteiger partial charge is 0.406 e. The molecule has 104 valence electrons. The second-order valence-corrected chi connectivity index (χ2v) is 5.10. The summed E-state index contributed by atoms with van der Waals surface area (Å²) >= 11 is 0. The van der Waals surface area contributed by atoms with Crippen molar-refractivity contribution in [1.29, 1.82) is 0 Å². The molecule has 0 bridgehead atoms. The average Bonchev–Trinajstić information content (AvgIpc) is 2.87. The molecule has 1 aromatic rings. The van der Waals surface area contributed by atoms with Gasteiger partial charge in [-0.15, -0.1) is 13.2 Å². The van der Waals surface area contributed by atoms with E-state index in [-0.39, 0.29) is 11.8 Å². The zero-order valence-electron chi connectivity index (χ0n) is 10.2. The molecule has 2 aliphatic heterocycles. The number of nitrogens with one attached hydrogen (secondary N) is 2. The first-order valence-corrected chi connectivity index (χ1v) is 6.34. The first-order valence-electron chi connectivity index (χ1n) is 6.34. The fraction of sp³-hybridized carbons (Fsp3) is 0.538. The summed E-state index contributed by atoms with van der Waals surface area (Å²) in [5, 5.41) is 6.83. The Hall–Kier alpha value is -1.27. The minimum absolute atomic E-state index is 0.170. The Labute approximate surface area is 109 Å². The SMILES string of the molecule is FC(F)(F)Oc1ccc(C2CC3CNCC3N2)cc1. The third-order valence-corrected chi connectivity index (χ3v) is 3.81. The van der Waals surface area contributed by atoms with Crippen LogP contribution in [0, 0.1) is 5.92 Å². The lowest BCUT2D eigenvalue weighted by atomic mass is 9.99. The van der Waals surface area contributed by atoms with Gasteiger partial charge in [0.1, 0.15) is 5.75 Å². The minimum atomic E-state index is -4.63. The Morgan fingerprint density at radius 2 is 1.84 bits per heavy atom. The van der Waals surface area contributed by atoms with Crippen LogP contribution in [0.1, 0.15) is 18.0 Å². The number of alkyl halides is 3. The number of ether oxygens (including phenoxy) is 1.